The second kappa shape index (κ2) is 4.24. The van der Waals surface area contributed by atoms with Crippen LogP contribution in [-0.2, 0) is 0 Å². The van der Waals surface area contributed by atoms with Crippen LogP contribution in [0.15, 0.2) is 0 Å². The van der Waals surface area contributed by atoms with Crippen LogP contribution in [0.4, 0.5) is 0 Å². The van der Waals surface area contributed by atoms with E-state index in [4.69, 9.17) is 0 Å². The molecule has 1 rings (SSSR count). The maximum absolute atomic E-state index is 3.48. The standard InChI is InChI=1S/C10H22N2/c1-5-9-6-10(12(9)4)7-11-8(2)3/h8-11H,5-7H2,1-4H3. The third kappa shape index (κ3) is 2.20. The van der Waals surface area contributed by atoms with Crippen molar-refractivity contribution >= 4 is 0 Å². The van der Waals surface area contributed by atoms with E-state index in [1.165, 1.54) is 12.8 Å². The van der Waals surface area contributed by atoms with Gasteiger partial charge in [-0.3, -0.25) is 4.90 Å². The Labute approximate surface area is 76.3 Å². The van der Waals surface area contributed by atoms with Crippen LogP contribution in [-0.4, -0.2) is 36.6 Å². The van der Waals surface area contributed by atoms with Crippen molar-refractivity contribution < 1.29 is 0 Å². The zero-order valence-corrected chi connectivity index (χ0v) is 8.80. The maximum Gasteiger partial charge on any atom is 0.0235 e. The first-order valence-electron chi connectivity index (χ1n) is 5.10. The third-order valence-electron chi connectivity index (χ3n) is 2.93. The van der Waals surface area contributed by atoms with E-state index in [1.807, 2.05) is 0 Å². The molecule has 12 heavy (non-hydrogen) atoms. The first-order chi connectivity index (χ1) is 5.65. The molecule has 0 spiro atoms. The summed E-state index contributed by atoms with van der Waals surface area (Å²) in [5.41, 5.74) is 0. The molecular weight excluding hydrogens is 148 g/mol. The van der Waals surface area contributed by atoms with Gasteiger partial charge >= 0.3 is 0 Å². The summed E-state index contributed by atoms with van der Waals surface area (Å²) >= 11 is 0. The van der Waals surface area contributed by atoms with Crippen LogP contribution < -0.4 is 5.32 Å². The van der Waals surface area contributed by atoms with E-state index in [0.717, 1.165) is 18.6 Å². The fourth-order valence-corrected chi connectivity index (χ4v) is 1.86. The molecule has 0 saturated carbocycles. The minimum Gasteiger partial charge on any atom is -0.313 e. The molecule has 72 valence electrons. The van der Waals surface area contributed by atoms with Gasteiger partial charge in [-0.05, 0) is 19.9 Å². The van der Waals surface area contributed by atoms with Crippen molar-refractivity contribution in [1.82, 2.24) is 10.2 Å². The van der Waals surface area contributed by atoms with E-state index in [9.17, 15) is 0 Å². The molecule has 0 aromatic carbocycles. The van der Waals surface area contributed by atoms with Gasteiger partial charge in [0.1, 0.15) is 0 Å². The molecule has 2 heteroatoms. The normalized spacial score (nSPS) is 30.8. The van der Waals surface area contributed by atoms with Crippen molar-refractivity contribution in [2.45, 2.75) is 51.7 Å². The van der Waals surface area contributed by atoms with E-state index in [2.05, 4.69) is 38.0 Å². The van der Waals surface area contributed by atoms with Crippen molar-refractivity contribution in [2.75, 3.05) is 13.6 Å². The van der Waals surface area contributed by atoms with Gasteiger partial charge in [-0.1, -0.05) is 20.8 Å². The highest BCUT2D eigenvalue weighted by atomic mass is 15.2. The lowest BCUT2D eigenvalue weighted by Gasteiger charge is -2.46. The van der Waals surface area contributed by atoms with Crippen LogP contribution in [0.1, 0.15) is 33.6 Å². The minimum atomic E-state index is 0.624. The highest BCUT2D eigenvalue weighted by Gasteiger charge is 2.33. The lowest BCUT2D eigenvalue weighted by molar-refractivity contribution is 0.0407. The average Bonchev–Trinajstić information content (AvgIpc) is 2.02. The van der Waals surface area contributed by atoms with Crippen molar-refractivity contribution in [2.24, 2.45) is 0 Å². The molecule has 2 atom stereocenters. The van der Waals surface area contributed by atoms with Crippen LogP contribution in [0.2, 0.25) is 0 Å². The summed E-state index contributed by atoms with van der Waals surface area (Å²) < 4.78 is 0. The quantitative estimate of drug-likeness (QED) is 0.687. The van der Waals surface area contributed by atoms with Gasteiger partial charge in [0.25, 0.3) is 0 Å². The molecule has 0 bridgehead atoms. The lowest BCUT2D eigenvalue weighted by atomic mass is 9.92. The molecule has 0 aromatic heterocycles. The van der Waals surface area contributed by atoms with Gasteiger partial charge in [-0.2, -0.15) is 0 Å². The van der Waals surface area contributed by atoms with E-state index in [1.54, 1.807) is 0 Å². The van der Waals surface area contributed by atoms with Gasteiger partial charge < -0.3 is 5.32 Å². The van der Waals surface area contributed by atoms with Gasteiger partial charge in [0.2, 0.25) is 0 Å². The van der Waals surface area contributed by atoms with E-state index in [-0.39, 0.29) is 0 Å². The Kier molecular flexibility index (Phi) is 3.53. The summed E-state index contributed by atoms with van der Waals surface area (Å²) in [4.78, 5) is 2.50. The number of nitrogens with zero attached hydrogens (tertiary/aromatic N) is 1. The minimum absolute atomic E-state index is 0.624. The van der Waals surface area contributed by atoms with Gasteiger partial charge in [-0.15, -0.1) is 0 Å². The van der Waals surface area contributed by atoms with Gasteiger partial charge in [-0.25, -0.2) is 0 Å². The van der Waals surface area contributed by atoms with Gasteiger partial charge in [0, 0.05) is 24.7 Å². The largest absolute Gasteiger partial charge is 0.313 e. The fourth-order valence-electron chi connectivity index (χ4n) is 1.86. The first kappa shape index (κ1) is 10.0. The van der Waals surface area contributed by atoms with Crippen molar-refractivity contribution in [3.63, 3.8) is 0 Å². The number of likely N-dealkylation sites (tertiary alicyclic amines) is 1. The molecule has 1 heterocycles. The molecular formula is C10H22N2. The molecule has 1 fully saturated rings. The Morgan fingerprint density at radius 3 is 2.50 bits per heavy atom. The molecule has 1 aliphatic heterocycles. The Balaban J connectivity index is 2.13. The molecule has 0 aromatic rings. The SMILES string of the molecule is CCC1CC(CNC(C)C)N1C. The highest BCUT2D eigenvalue weighted by molar-refractivity contribution is 4.90. The second-order valence-corrected chi connectivity index (χ2v) is 4.18. The fraction of sp³-hybridized carbons (Fsp3) is 1.00. The Morgan fingerprint density at radius 1 is 1.42 bits per heavy atom. The molecule has 0 radical (unpaired) electrons. The summed E-state index contributed by atoms with van der Waals surface area (Å²) in [5.74, 6) is 0. The van der Waals surface area contributed by atoms with E-state index >= 15 is 0 Å². The van der Waals surface area contributed by atoms with Gasteiger partial charge in [0.05, 0.1) is 0 Å². The van der Waals surface area contributed by atoms with Crippen LogP contribution in [0.5, 0.6) is 0 Å². The van der Waals surface area contributed by atoms with E-state index in [0.29, 0.717) is 6.04 Å². The maximum atomic E-state index is 3.48. The van der Waals surface area contributed by atoms with E-state index < -0.39 is 0 Å². The van der Waals surface area contributed by atoms with Crippen LogP contribution in [0, 0.1) is 0 Å². The monoisotopic (exact) mass is 170 g/mol. The number of hydrogen-bond donors (Lipinski definition) is 1. The van der Waals surface area contributed by atoms with Gasteiger partial charge in [0.15, 0.2) is 0 Å². The average molecular weight is 170 g/mol. The molecule has 2 nitrogen and oxygen atoms in total. The molecule has 1 N–H and O–H groups in total. The number of likely N-dealkylation sites (N-methyl/N-ethyl adjacent to an activating group) is 1. The number of rotatable bonds is 4. The molecule has 2 unspecified atom stereocenters. The Bertz CT molecular complexity index is 134. The first-order valence-corrected chi connectivity index (χ1v) is 5.10. The molecule has 0 aliphatic carbocycles. The predicted molar refractivity (Wildman–Crippen MR) is 53.4 cm³/mol. The lowest BCUT2D eigenvalue weighted by Crippen LogP contribution is -2.57. The number of nitrogens with one attached hydrogen (secondary N) is 1. The molecule has 0 amide bonds. The second-order valence-electron chi connectivity index (χ2n) is 4.18. The summed E-state index contributed by atoms with van der Waals surface area (Å²) in [7, 11) is 2.24. The molecule has 1 aliphatic rings. The van der Waals surface area contributed by atoms with Crippen molar-refractivity contribution in [1.29, 1.82) is 0 Å². The predicted octanol–water partition coefficient (Wildman–Crippen LogP) is 1.47. The Morgan fingerprint density at radius 2 is 2.08 bits per heavy atom. The Hall–Kier alpha value is -0.0800. The summed E-state index contributed by atoms with van der Waals surface area (Å²) in [5, 5.41) is 3.48. The number of hydrogen-bond acceptors (Lipinski definition) is 2. The van der Waals surface area contributed by atoms with Crippen LogP contribution >= 0.6 is 0 Å². The van der Waals surface area contributed by atoms with Crippen molar-refractivity contribution in [3.8, 4) is 0 Å². The van der Waals surface area contributed by atoms with Crippen molar-refractivity contribution in [3.05, 3.63) is 0 Å². The van der Waals surface area contributed by atoms with Crippen LogP contribution in [0.3, 0.4) is 0 Å². The summed E-state index contributed by atoms with van der Waals surface area (Å²) in [6.07, 6.45) is 2.68. The zero-order chi connectivity index (χ0) is 9.14. The summed E-state index contributed by atoms with van der Waals surface area (Å²) in [6.45, 7) is 7.84. The molecule has 1 saturated heterocycles. The summed E-state index contributed by atoms with van der Waals surface area (Å²) in [6, 6.07) is 2.26. The zero-order valence-electron chi connectivity index (χ0n) is 8.80. The smallest absolute Gasteiger partial charge is 0.0235 e. The highest BCUT2D eigenvalue weighted by Crippen LogP contribution is 2.24. The third-order valence-corrected chi connectivity index (χ3v) is 2.93. The topological polar surface area (TPSA) is 15.3 Å². The van der Waals surface area contributed by atoms with Crippen LogP contribution in [0.25, 0.3) is 0 Å².